The van der Waals surface area contributed by atoms with Crippen LogP contribution in [0.2, 0.25) is 5.02 Å². The molecule has 0 atom stereocenters. The van der Waals surface area contributed by atoms with E-state index in [1.165, 1.54) is 13.2 Å². The molecule has 0 radical (unpaired) electrons. The quantitative estimate of drug-likeness (QED) is 0.725. The molecule has 0 aliphatic carbocycles. The maximum atomic E-state index is 12.1. The Kier molecular flexibility index (Phi) is 8.26. The van der Waals surface area contributed by atoms with Crippen LogP contribution in [0.1, 0.15) is 0 Å². The monoisotopic (exact) mass is 392 g/mol. The highest BCUT2D eigenvalue weighted by Gasteiger charge is 2.21. The summed E-state index contributed by atoms with van der Waals surface area (Å²) in [5, 5.41) is 3.17. The van der Waals surface area contributed by atoms with Crippen molar-refractivity contribution in [3.63, 3.8) is 0 Å². The van der Waals surface area contributed by atoms with E-state index < -0.39 is 10.0 Å². The maximum absolute atomic E-state index is 12.1. The predicted octanol–water partition coefficient (Wildman–Crippen LogP) is 2.03. The Bertz CT molecular complexity index is 526. The standard InChI is InChI=1S/C10H14BrClN2O3S.ClH/c1-13-3-4-14-18(15,16)9-6-7(12)5-8(11)10(9)17-2;/h5-6,13-14H,3-4H2,1-2H3;1H. The van der Waals surface area contributed by atoms with Crippen LogP contribution in [0.4, 0.5) is 0 Å². The highest BCUT2D eigenvalue weighted by Crippen LogP contribution is 2.35. The van der Waals surface area contributed by atoms with E-state index >= 15 is 0 Å². The van der Waals surface area contributed by atoms with Gasteiger partial charge in [-0.3, -0.25) is 0 Å². The van der Waals surface area contributed by atoms with E-state index in [0.717, 1.165) is 0 Å². The summed E-state index contributed by atoms with van der Waals surface area (Å²) in [6, 6.07) is 2.93. The smallest absolute Gasteiger partial charge is 0.244 e. The van der Waals surface area contributed by atoms with Gasteiger partial charge < -0.3 is 10.1 Å². The van der Waals surface area contributed by atoms with Gasteiger partial charge in [0.25, 0.3) is 0 Å². The molecule has 0 aliphatic rings. The number of hydrogen-bond acceptors (Lipinski definition) is 4. The summed E-state index contributed by atoms with van der Waals surface area (Å²) in [5.74, 6) is 0.233. The summed E-state index contributed by atoms with van der Waals surface area (Å²) >= 11 is 9.07. The lowest BCUT2D eigenvalue weighted by atomic mass is 10.3. The molecule has 0 saturated heterocycles. The molecule has 0 bridgehead atoms. The van der Waals surface area contributed by atoms with Crippen molar-refractivity contribution in [2.24, 2.45) is 0 Å². The zero-order chi connectivity index (χ0) is 13.8. The van der Waals surface area contributed by atoms with Gasteiger partial charge in [-0.05, 0) is 35.1 Å². The molecule has 9 heteroatoms. The van der Waals surface area contributed by atoms with Crippen molar-refractivity contribution in [3.05, 3.63) is 21.6 Å². The zero-order valence-corrected chi connectivity index (χ0v) is 14.3. The first-order valence-electron chi connectivity index (χ1n) is 5.09. The fourth-order valence-corrected chi connectivity index (χ4v) is 3.74. The van der Waals surface area contributed by atoms with E-state index in [2.05, 4.69) is 26.0 Å². The van der Waals surface area contributed by atoms with Crippen molar-refractivity contribution in [2.75, 3.05) is 27.2 Å². The minimum absolute atomic E-state index is 0. The molecule has 0 amide bonds. The van der Waals surface area contributed by atoms with Crippen LogP contribution >= 0.6 is 39.9 Å². The summed E-state index contributed by atoms with van der Waals surface area (Å²) in [5.41, 5.74) is 0. The Balaban J connectivity index is 0.00000324. The highest BCUT2D eigenvalue weighted by atomic mass is 79.9. The fraction of sp³-hybridized carbons (Fsp3) is 0.400. The van der Waals surface area contributed by atoms with E-state index in [4.69, 9.17) is 16.3 Å². The average Bonchev–Trinajstić information content (AvgIpc) is 2.28. The summed E-state index contributed by atoms with van der Waals surface area (Å²) in [7, 11) is -0.505. The van der Waals surface area contributed by atoms with E-state index in [1.54, 1.807) is 13.1 Å². The average molecular weight is 394 g/mol. The Morgan fingerprint density at radius 3 is 2.53 bits per heavy atom. The second-order valence-corrected chi connectivity index (χ2v) is 6.45. The molecule has 110 valence electrons. The van der Waals surface area contributed by atoms with Gasteiger partial charge in [0.15, 0.2) is 5.75 Å². The molecule has 1 rings (SSSR count). The van der Waals surface area contributed by atoms with Crippen molar-refractivity contribution in [2.45, 2.75) is 4.90 Å². The van der Waals surface area contributed by atoms with Crippen molar-refractivity contribution in [3.8, 4) is 5.75 Å². The van der Waals surface area contributed by atoms with Crippen LogP contribution in [0, 0.1) is 0 Å². The van der Waals surface area contributed by atoms with Gasteiger partial charge in [0.1, 0.15) is 4.90 Å². The molecule has 0 aliphatic heterocycles. The minimum atomic E-state index is -3.65. The van der Waals surface area contributed by atoms with Crippen molar-refractivity contribution >= 4 is 50.0 Å². The molecule has 0 aromatic heterocycles. The molecule has 19 heavy (non-hydrogen) atoms. The molecule has 0 unspecified atom stereocenters. The molecule has 0 heterocycles. The molecule has 0 spiro atoms. The number of ether oxygens (including phenoxy) is 1. The predicted molar refractivity (Wildman–Crippen MR) is 82.1 cm³/mol. The van der Waals surface area contributed by atoms with Gasteiger partial charge >= 0.3 is 0 Å². The molecule has 5 nitrogen and oxygen atoms in total. The number of sulfonamides is 1. The summed E-state index contributed by atoms with van der Waals surface area (Å²) in [4.78, 5) is 0.0143. The molecule has 2 N–H and O–H groups in total. The number of rotatable bonds is 6. The van der Waals surface area contributed by atoms with Crippen molar-refractivity contribution < 1.29 is 13.2 Å². The third-order valence-electron chi connectivity index (χ3n) is 2.14. The number of likely N-dealkylation sites (N-methyl/N-ethyl adjacent to an activating group) is 1. The van der Waals surface area contributed by atoms with Crippen LogP contribution < -0.4 is 14.8 Å². The number of benzene rings is 1. The topological polar surface area (TPSA) is 67.4 Å². The maximum Gasteiger partial charge on any atom is 0.244 e. The van der Waals surface area contributed by atoms with Gasteiger partial charge in [-0.2, -0.15) is 0 Å². The van der Waals surface area contributed by atoms with Crippen molar-refractivity contribution in [1.82, 2.24) is 10.0 Å². The largest absolute Gasteiger partial charge is 0.494 e. The van der Waals surface area contributed by atoms with Crippen LogP contribution in [0.3, 0.4) is 0 Å². The first-order valence-corrected chi connectivity index (χ1v) is 7.75. The lowest BCUT2D eigenvalue weighted by Gasteiger charge is -2.12. The highest BCUT2D eigenvalue weighted by molar-refractivity contribution is 9.10. The fourth-order valence-electron chi connectivity index (χ4n) is 1.32. The first-order chi connectivity index (χ1) is 8.42. The Labute approximate surface area is 132 Å². The second-order valence-electron chi connectivity index (χ2n) is 3.42. The van der Waals surface area contributed by atoms with Crippen LogP contribution in [-0.4, -0.2) is 35.7 Å². The first kappa shape index (κ1) is 18.9. The summed E-state index contributed by atoms with van der Waals surface area (Å²) in [6.45, 7) is 0.815. The van der Waals surface area contributed by atoms with Crippen LogP contribution in [0.15, 0.2) is 21.5 Å². The normalized spacial score (nSPS) is 10.9. The molecule has 1 aromatic carbocycles. The third-order valence-corrected chi connectivity index (χ3v) is 4.41. The van der Waals surface area contributed by atoms with Gasteiger partial charge in [-0.1, -0.05) is 11.6 Å². The summed E-state index contributed by atoms with van der Waals surface area (Å²) in [6.07, 6.45) is 0. The second kappa shape index (κ2) is 8.28. The van der Waals surface area contributed by atoms with E-state index in [-0.39, 0.29) is 29.6 Å². The SMILES string of the molecule is CNCCNS(=O)(=O)c1cc(Cl)cc(Br)c1OC.Cl. The van der Waals surface area contributed by atoms with Gasteiger partial charge in [-0.15, -0.1) is 12.4 Å². The number of nitrogens with one attached hydrogen (secondary N) is 2. The third kappa shape index (κ3) is 5.09. The Hall–Kier alpha value is -0.0500. The molecular weight excluding hydrogens is 379 g/mol. The zero-order valence-electron chi connectivity index (χ0n) is 10.4. The lowest BCUT2D eigenvalue weighted by Crippen LogP contribution is -2.30. The van der Waals surface area contributed by atoms with E-state index in [0.29, 0.717) is 16.0 Å². The summed E-state index contributed by atoms with van der Waals surface area (Å²) < 4.78 is 32.2. The van der Waals surface area contributed by atoms with E-state index in [9.17, 15) is 8.42 Å². The minimum Gasteiger partial charge on any atom is -0.494 e. The number of hydrogen-bond donors (Lipinski definition) is 2. The van der Waals surface area contributed by atoms with Crippen molar-refractivity contribution in [1.29, 1.82) is 0 Å². The van der Waals surface area contributed by atoms with Crippen LogP contribution in [0.5, 0.6) is 5.75 Å². The Morgan fingerprint density at radius 1 is 1.37 bits per heavy atom. The van der Waals surface area contributed by atoms with Gasteiger partial charge in [-0.25, -0.2) is 13.1 Å². The number of methoxy groups -OCH3 is 1. The van der Waals surface area contributed by atoms with Gasteiger partial charge in [0, 0.05) is 18.1 Å². The molecule has 0 fully saturated rings. The van der Waals surface area contributed by atoms with Gasteiger partial charge in [0.2, 0.25) is 10.0 Å². The lowest BCUT2D eigenvalue weighted by molar-refractivity contribution is 0.399. The van der Waals surface area contributed by atoms with E-state index in [1.807, 2.05) is 0 Å². The van der Waals surface area contributed by atoms with Crippen LogP contribution in [0.25, 0.3) is 0 Å². The molecule has 0 saturated carbocycles. The molecular formula is C10H15BrCl2N2O3S. The number of halogens is 3. The van der Waals surface area contributed by atoms with Gasteiger partial charge in [0.05, 0.1) is 11.6 Å². The molecule has 1 aromatic rings. The Morgan fingerprint density at radius 2 is 2.00 bits per heavy atom. The van der Waals surface area contributed by atoms with Crippen LogP contribution in [-0.2, 0) is 10.0 Å².